The van der Waals surface area contributed by atoms with Gasteiger partial charge in [0, 0.05) is 0 Å². The minimum absolute atomic E-state index is 0.0441. The van der Waals surface area contributed by atoms with E-state index in [9.17, 15) is 9.90 Å². The highest BCUT2D eigenvalue weighted by molar-refractivity contribution is 5.74. The van der Waals surface area contributed by atoms with Crippen LogP contribution >= 0.6 is 0 Å². The summed E-state index contributed by atoms with van der Waals surface area (Å²) in [6, 6.07) is 0. The Balaban J connectivity index is 2.03. The van der Waals surface area contributed by atoms with Gasteiger partial charge in [0.15, 0.2) is 0 Å². The van der Waals surface area contributed by atoms with E-state index < -0.39 is 5.60 Å². The van der Waals surface area contributed by atoms with Crippen molar-refractivity contribution in [2.24, 2.45) is 35.5 Å². The van der Waals surface area contributed by atoms with E-state index in [1.807, 2.05) is 0 Å². The summed E-state index contributed by atoms with van der Waals surface area (Å²) in [4.78, 5) is 12.0. The lowest BCUT2D eigenvalue weighted by Crippen LogP contribution is -2.61. The number of aliphatic hydroxyl groups is 1. The van der Waals surface area contributed by atoms with Crippen LogP contribution in [0.15, 0.2) is 12.2 Å². The molecule has 0 aromatic heterocycles. The minimum atomic E-state index is -0.630. The molecule has 3 nitrogen and oxygen atoms in total. The summed E-state index contributed by atoms with van der Waals surface area (Å²) in [5.74, 6) is 1.06. The van der Waals surface area contributed by atoms with Crippen LogP contribution in [-0.2, 0) is 9.53 Å². The van der Waals surface area contributed by atoms with E-state index in [2.05, 4.69) is 20.4 Å². The van der Waals surface area contributed by atoms with E-state index in [1.165, 1.54) is 12.7 Å². The number of carbonyl (C=O) groups excluding carboxylic acids is 1. The zero-order chi connectivity index (χ0) is 13.2. The van der Waals surface area contributed by atoms with Crippen molar-refractivity contribution in [3.8, 4) is 0 Å². The van der Waals surface area contributed by atoms with Crippen LogP contribution in [0.4, 0.5) is 0 Å². The number of esters is 1. The molecule has 0 aromatic rings. The third-order valence-electron chi connectivity index (χ3n) is 6.07. The highest BCUT2D eigenvalue weighted by Gasteiger charge is 2.67. The first kappa shape index (κ1) is 12.2. The molecule has 0 radical (unpaired) electrons. The van der Waals surface area contributed by atoms with Gasteiger partial charge in [-0.1, -0.05) is 26.0 Å². The van der Waals surface area contributed by atoms with Gasteiger partial charge in [0.2, 0.25) is 0 Å². The summed E-state index contributed by atoms with van der Waals surface area (Å²) in [6.45, 7) is 8.33. The summed E-state index contributed by atoms with van der Waals surface area (Å²) in [6.07, 6.45) is 1.72. The topological polar surface area (TPSA) is 46.5 Å². The average Bonchev–Trinajstić information content (AvgIpc) is 2.55. The van der Waals surface area contributed by atoms with Gasteiger partial charge in [0.05, 0.1) is 18.6 Å². The van der Waals surface area contributed by atoms with Gasteiger partial charge < -0.3 is 9.84 Å². The standard InChI is InChI=1S/C15H22O3/c1-7-6-15(17)9(3)11-5-10(7)13(15)8(2)12(11)14(16)18-4/h8-13,17H,1,5-6H2,2-4H3/t8-,9+,10+,11?,12-,13+,15-/m0/s1. The van der Waals surface area contributed by atoms with Gasteiger partial charge in [-0.25, -0.2) is 0 Å². The first-order chi connectivity index (χ1) is 8.41. The minimum Gasteiger partial charge on any atom is -0.469 e. The average molecular weight is 250 g/mol. The Kier molecular flexibility index (Phi) is 2.44. The predicted molar refractivity (Wildman–Crippen MR) is 67.6 cm³/mol. The summed E-state index contributed by atoms with van der Waals surface area (Å²) >= 11 is 0. The molecule has 3 heteroatoms. The number of ether oxygens (including phenoxy) is 1. The summed E-state index contributed by atoms with van der Waals surface area (Å²) < 4.78 is 4.97. The van der Waals surface area contributed by atoms with E-state index in [1.54, 1.807) is 0 Å². The van der Waals surface area contributed by atoms with Crippen molar-refractivity contribution in [2.75, 3.05) is 7.11 Å². The molecule has 4 aliphatic carbocycles. The summed E-state index contributed by atoms with van der Waals surface area (Å²) in [7, 11) is 1.46. The normalized spacial score (nSPS) is 53.7. The fraction of sp³-hybridized carbons (Fsp3) is 0.800. The SMILES string of the molecule is C=C1C[C@@]2(O)[C@@H]3[C@@H](C)[C@H](C(=O)OC)C(C[C@H]13)[C@H]2C. The van der Waals surface area contributed by atoms with Crippen molar-refractivity contribution < 1.29 is 14.6 Å². The first-order valence-corrected chi connectivity index (χ1v) is 6.89. The maximum atomic E-state index is 12.0. The van der Waals surface area contributed by atoms with Gasteiger partial charge in [-0.05, 0) is 42.4 Å². The second kappa shape index (κ2) is 3.60. The van der Waals surface area contributed by atoms with Crippen molar-refractivity contribution >= 4 is 5.97 Å². The van der Waals surface area contributed by atoms with E-state index >= 15 is 0 Å². The Morgan fingerprint density at radius 2 is 2.17 bits per heavy atom. The van der Waals surface area contributed by atoms with Crippen LogP contribution in [0.5, 0.6) is 0 Å². The molecule has 1 unspecified atom stereocenters. The molecule has 1 N–H and O–H groups in total. The smallest absolute Gasteiger partial charge is 0.309 e. The zero-order valence-corrected chi connectivity index (χ0v) is 11.3. The Labute approximate surface area is 108 Å². The molecule has 4 rings (SSSR count). The van der Waals surface area contributed by atoms with E-state index in [0.29, 0.717) is 5.92 Å². The maximum absolute atomic E-state index is 12.0. The Hall–Kier alpha value is -0.830. The van der Waals surface area contributed by atoms with Gasteiger partial charge >= 0.3 is 5.97 Å². The highest BCUT2D eigenvalue weighted by Crippen LogP contribution is 2.66. The highest BCUT2D eigenvalue weighted by atomic mass is 16.5. The number of fused-ring (bicyclic) bond motifs is 1. The van der Waals surface area contributed by atoms with Crippen LogP contribution < -0.4 is 0 Å². The summed E-state index contributed by atoms with van der Waals surface area (Å²) in [5.41, 5.74) is 0.557. The first-order valence-electron chi connectivity index (χ1n) is 6.89. The Bertz CT molecular complexity index is 416. The zero-order valence-electron chi connectivity index (χ0n) is 11.3. The monoisotopic (exact) mass is 250 g/mol. The molecule has 0 spiro atoms. The molecule has 0 aliphatic heterocycles. The van der Waals surface area contributed by atoms with Gasteiger partial charge in [0.25, 0.3) is 0 Å². The quantitative estimate of drug-likeness (QED) is 0.572. The fourth-order valence-corrected chi connectivity index (χ4v) is 5.28. The fourth-order valence-electron chi connectivity index (χ4n) is 5.28. The van der Waals surface area contributed by atoms with E-state index in [0.717, 1.165) is 12.8 Å². The van der Waals surface area contributed by atoms with Crippen molar-refractivity contribution in [1.29, 1.82) is 0 Å². The molecular formula is C15H22O3. The van der Waals surface area contributed by atoms with Crippen LogP contribution in [-0.4, -0.2) is 23.8 Å². The molecular weight excluding hydrogens is 228 g/mol. The molecule has 0 amide bonds. The number of hydrogen-bond donors (Lipinski definition) is 1. The lowest BCUT2D eigenvalue weighted by atomic mass is 9.48. The molecule has 18 heavy (non-hydrogen) atoms. The molecule has 100 valence electrons. The van der Waals surface area contributed by atoms with Crippen LogP contribution in [0.3, 0.4) is 0 Å². The Morgan fingerprint density at radius 3 is 2.78 bits per heavy atom. The molecule has 0 heterocycles. The lowest BCUT2D eigenvalue weighted by molar-refractivity contribution is -0.196. The van der Waals surface area contributed by atoms with Crippen LogP contribution in [0.1, 0.15) is 26.7 Å². The second-order valence-electron chi connectivity index (χ2n) is 6.55. The maximum Gasteiger partial charge on any atom is 0.309 e. The van der Waals surface area contributed by atoms with Crippen molar-refractivity contribution in [2.45, 2.75) is 32.3 Å². The predicted octanol–water partition coefficient (Wildman–Crippen LogP) is 2.00. The number of methoxy groups -OCH3 is 1. The van der Waals surface area contributed by atoms with Gasteiger partial charge in [0.1, 0.15) is 0 Å². The molecule has 7 atom stereocenters. The van der Waals surface area contributed by atoms with Gasteiger partial charge in [-0.2, -0.15) is 0 Å². The van der Waals surface area contributed by atoms with E-state index in [-0.39, 0.29) is 35.6 Å². The van der Waals surface area contributed by atoms with Crippen molar-refractivity contribution in [1.82, 2.24) is 0 Å². The number of carbonyl (C=O) groups is 1. The molecule has 4 bridgehead atoms. The van der Waals surface area contributed by atoms with Crippen LogP contribution in [0.25, 0.3) is 0 Å². The van der Waals surface area contributed by atoms with Crippen molar-refractivity contribution in [3.05, 3.63) is 12.2 Å². The van der Waals surface area contributed by atoms with Crippen LogP contribution in [0, 0.1) is 35.5 Å². The van der Waals surface area contributed by atoms with Gasteiger partial charge in [-0.3, -0.25) is 4.79 Å². The summed E-state index contributed by atoms with van der Waals surface area (Å²) in [5, 5.41) is 11.0. The lowest BCUT2D eigenvalue weighted by Gasteiger charge is -2.57. The molecule has 4 aliphatic rings. The second-order valence-corrected chi connectivity index (χ2v) is 6.55. The third-order valence-corrected chi connectivity index (χ3v) is 6.07. The molecule has 4 fully saturated rings. The number of rotatable bonds is 1. The molecule has 0 saturated heterocycles. The van der Waals surface area contributed by atoms with E-state index in [4.69, 9.17) is 4.74 Å². The number of hydrogen-bond acceptors (Lipinski definition) is 3. The van der Waals surface area contributed by atoms with Crippen LogP contribution in [0.2, 0.25) is 0 Å². The third kappa shape index (κ3) is 1.21. The molecule has 4 saturated carbocycles. The molecule has 0 aromatic carbocycles. The Morgan fingerprint density at radius 1 is 1.50 bits per heavy atom. The van der Waals surface area contributed by atoms with Crippen molar-refractivity contribution in [3.63, 3.8) is 0 Å². The largest absolute Gasteiger partial charge is 0.469 e. The van der Waals surface area contributed by atoms with Gasteiger partial charge in [-0.15, -0.1) is 0 Å².